The Morgan fingerprint density at radius 2 is 2.00 bits per heavy atom. The average Bonchev–Trinajstić information content (AvgIpc) is 2.38. The first-order chi connectivity index (χ1) is 9.95. The van der Waals surface area contributed by atoms with Gasteiger partial charge in [-0.1, -0.05) is 0 Å². The van der Waals surface area contributed by atoms with E-state index in [4.69, 9.17) is 9.47 Å². The number of carbonyl (C=O) groups is 3. The molecule has 0 heterocycles. The Kier molecular flexibility index (Phi) is 6.41. The van der Waals surface area contributed by atoms with Gasteiger partial charge in [-0.15, -0.1) is 0 Å². The lowest BCUT2D eigenvalue weighted by molar-refractivity contribution is -0.148. The second-order valence-electron chi connectivity index (χ2n) is 4.89. The van der Waals surface area contributed by atoms with Gasteiger partial charge in [0.1, 0.15) is 12.1 Å². The Morgan fingerprint density at radius 1 is 1.33 bits per heavy atom. The van der Waals surface area contributed by atoms with Crippen LogP contribution in [0.5, 0.6) is 0 Å². The molecule has 8 heteroatoms. The molecule has 1 saturated carbocycles. The van der Waals surface area contributed by atoms with E-state index in [1.165, 1.54) is 12.0 Å². The molecule has 1 aliphatic rings. The molecule has 2 N–H and O–H groups in total. The van der Waals surface area contributed by atoms with Crippen molar-refractivity contribution in [1.82, 2.24) is 10.2 Å². The molecule has 0 unspecified atom stereocenters. The van der Waals surface area contributed by atoms with E-state index in [0.29, 0.717) is 12.8 Å². The van der Waals surface area contributed by atoms with Crippen molar-refractivity contribution in [3.8, 4) is 0 Å². The standard InChI is InChI=1S/C13H22N2O6/c1-3-21-10(16)9-15(7-8-20-2)12(19)14-13(11(17)18)5-4-6-13/h3-9H2,1-2H3,(H,14,19)(H,17,18). The Labute approximate surface area is 123 Å². The van der Waals surface area contributed by atoms with Crippen molar-refractivity contribution in [1.29, 1.82) is 0 Å². The van der Waals surface area contributed by atoms with Gasteiger partial charge in [0.2, 0.25) is 0 Å². The first-order valence-electron chi connectivity index (χ1n) is 6.90. The van der Waals surface area contributed by atoms with E-state index in [1.807, 2.05) is 0 Å². The number of amides is 2. The van der Waals surface area contributed by atoms with Gasteiger partial charge in [-0.25, -0.2) is 9.59 Å². The number of urea groups is 1. The van der Waals surface area contributed by atoms with Crippen molar-refractivity contribution >= 4 is 18.0 Å². The number of ether oxygens (including phenoxy) is 2. The highest BCUT2D eigenvalue weighted by Gasteiger charge is 2.46. The predicted molar refractivity (Wildman–Crippen MR) is 72.8 cm³/mol. The lowest BCUT2D eigenvalue weighted by Crippen LogP contribution is -2.62. The molecule has 0 aromatic carbocycles. The minimum absolute atomic E-state index is 0.177. The molecule has 21 heavy (non-hydrogen) atoms. The van der Waals surface area contributed by atoms with Gasteiger partial charge in [-0.05, 0) is 26.2 Å². The van der Waals surface area contributed by atoms with Crippen molar-refractivity contribution in [3.63, 3.8) is 0 Å². The fourth-order valence-corrected chi connectivity index (χ4v) is 2.02. The zero-order valence-corrected chi connectivity index (χ0v) is 12.4. The number of carboxylic acid groups (broad SMARTS) is 1. The molecule has 0 bridgehead atoms. The minimum atomic E-state index is -1.21. The molecule has 120 valence electrons. The zero-order chi connectivity index (χ0) is 15.9. The van der Waals surface area contributed by atoms with E-state index < -0.39 is 23.5 Å². The number of hydrogen-bond donors (Lipinski definition) is 2. The third-order valence-corrected chi connectivity index (χ3v) is 3.44. The normalized spacial score (nSPS) is 15.7. The predicted octanol–water partition coefficient (Wildman–Crippen LogP) is 0.215. The summed E-state index contributed by atoms with van der Waals surface area (Å²) >= 11 is 0. The summed E-state index contributed by atoms with van der Waals surface area (Å²) in [6, 6.07) is -0.595. The van der Waals surface area contributed by atoms with Crippen molar-refractivity contribution < 1.29 is 29.0 Å². The van der Waals surface area contributed by atoms with Crippen LogP contribution in [0.15, 0.2) is 0 Å². The van der Waals surface area contributed by atoms with Crippen molar-refractivity contribution in [3.05, 3.63) is 0 Å². The van der Waals surface area contributed by atoms with E-state index in [1.54, 1.807) is 6.92 Å². The molecule has 0 aromatic heterocycles. The number of hydrogen-bond acceptors (Lipinski definition) is 5. The van der Waals surface area contributed by atoms with E-state index in [0.717, 1.165) is 6.42 Å². The van der Waals surface area contributed by atoms with Crippen molar-refractivity contribution in [2.75, 3.05) is 33.4 Å². The first-order valence-corrected chi connectivity index (χ1v) is 6.90. The summed E-state index contributed by atoms with van der Waals surface area (Å²) in [5.74, 6) is -1.59. The third kappa shape index (κ3) is 4.59. The van der Waals surface area contributed by atoms with Crippen LogP contribution in [0.1, 0.15) is 26.2 Å². The van der Waals surface area contributed by atoms with E-state index in [9.17, 15) is 19.5 Å². The molecule has 0 aliphatic heterocycles. The molecule has 0 atom stereocenters. The summed E-state index contributed by atoms with van der Waals surface area (Å²) in [6.45, 7) is 2.07. The summed E-state index contributed by atoms with van der Waals surface area (Å²) in [6.07, 6.45) is 1.54. The molecule has 0 radical (unpaired) electrons. The topological polar surface area (TPSA) is 105 Å². The monoisotopic (exact) mass is 302 g/mol. The molecule has 0 aromatic rings. The Bertz CT molecular complexity index is 394. The molecule has 0 spiro atoms. The number of carboxylic acids is 1. The van der Waals surface area contributed by atoms with Crippen LogP contribution in [-0.4, -0.2) is 66.9 Å². The maximum atomic E-state index is 12.2. The van der Waals surface area contributed by atoms with E-state index in [-0.39, 0.29) is 26.3 Å². The van der Waals surface area contributed by atoms with Gasteiger partial charge < -0.3 is 24.8 Å². The van der Waals surface area contributed by atoms with Crippen molar-refractivity contribution in [2.24, 2.45) is 0 Å². The van der Waals surface area contributed by atoms with Crippen LogP contribution in [0.2, 0.25) is 0 Å². The van der Waals surface area contributed by atoms with Gasteiger partial charge in [0.15, 0.2) is 0 Å². The van der Waals surface area contributed by atoms with Crippen LogP contribution >= 0.6 is 0 Å². The molecular formula is C13H22N2O6. The highest BCUT2D eigenvalue weighted by Crippen LogP contribution is 2.32. The third-order valence-electron chi connectivity index (χ3n) is 3.44. The first kappa shape index (κ1) is 17.2. The van der Waals surface area contributed by atoms with Gasteiger partial charge in [-0.2, -0.15) is 0 Å². The number of esters is 1. The minimum Gasteiger partial charge on any atom is -0.480 e. The molecule has 8 nitrogen and oxygen atoms in total. The van der Waals surface area contributed by atoms with Gasteiger partial charge >= 0.3 is 18.0 Å². The molecule has 1 aliphatic carbocycles. The van der Waals surface area contributed by atoms with Gasteiger partial charge in [0.25, 0.3) is 0 Å². The number of methoxy groups -OCH3 is 1. The van der Waals surface area contributed by atoms with Gasteiger partial charge in [-0.3, -0.25) is 4.79 Å². The lowest BCUT2D eigenvalue weighted by atomic mass is 9.77. The van der Waals surface area contributed by atoms with E-state index in [2.05, 4.69) is 5.32 Å². The van der Waals surface area contributed by atoms with Crippen LogP contribution in [-0.2, 0) is 19.1 Å². The summed E-state index contributed by atoms with van der Waals surface area (Å²) in [7, 11) is 1.48. The molecule has 2 amide bonds. The molecular weight excluding hydrogens is 280 g/mol. The fourth-order valence-electron chi connectivity index (χ4n) is 2.02. The van der Waals surface area contributed by atoms with E-state index >= 15 is 0 Å². The Hall–Kier alpha value is -1.83. The maximum Gasteiger partial charge on any atom is 0.329 e. The lowest BCUT2D eigenvalue weighted by Gasteiger charge is -2.39. The summed E-state index contributed by atoms with van der Waals surface area (Å²) in [5.41, 5.74) is -1.21. The number of carbonyl (C=O) groups excluding carboxylic acids is 2. The molecule has 1 rings (SSSR count). The largest absolute Gasteiger partial charge is 0.480 e. The molecule has 1 fully saturated rings. The number of aliphatic carboxylic acids is 1. The zero-order valence-electron chi connectivity index (χ0n) is 12.4. The Morgan fingerprint density at radius 3 is 2.43 bits per heavy atom. The quantitative estimate of drug-likeness (QED) is 0.621. The Balaban J connectivity index is 2.65. The summed E-state index contributed by atoms with van der Waals surface area (Å²) in [4.78, 5) is 36.1. The number of nitrogens with one attached hydrogen (secondary N) is 1. The van der Waals surface area contributed by atoms with Crippen LogP contribution in [0.3, 0.4) is 0 Å². The van der Waals surface area contributed by atoms with Crippen LogP contribution in [0.25, 0.3) is 0 Å². The summed E-state index contributed by atoms with van der Waals surface area (Å²) in [5, 5.41) is 11.7. The maximum absolute atomic E-state index is 12.2. The number of rotatable bonds is 8. The van der Waals surface area contributed by atoms with Crippen LogP contribution in [0, 0.1) is 0 Å². The average molecular weight is 302 g/mol. The van der Waals surface area contributed by atoms with Gasteiger partial charge in [0.05, 0.1) is 13.2 Å². The van der Waals surface area contributed by atoms with Crippen LogP contribution in [0.4, 0.5) is 4.79 Å². The number of nitrogens with zero attached hydrogens (tertiary/aromatic N) is 1. The van der Waals surface area contributed by atoms with Crippen molar-refractivity contribution in [2.45, 2.75) is 31.7 Å². The SMILES string of the molecule is CCOC(=O)CN(CCOC)C(=O)NC1(C(=O)O)CCC1. The highest BCUT2D eigenvalue weighted by molar-refractivity contribution is 5.88. The smallest absolute Gasteiger partial charge is 0.329 e. The molecule has 0 saturated heterocycles. The second kappa shape index (κ2) is 7.82. The summed E-state index contributed by atoms with van der Waals surface area (Å²) < 4.78 is 9.69. The van der Waals surface area contributed by atoms with Gasteiger partial charge in [0, 0.05) is 13.7 Å². The fraction of sp³-hybridized carbons (Fsp3) is 0.769. The highest BCUT2D eigenvalue weighted by atomic mass is 16.5. The van der Waals surface area contributed by atoms with Crippen LogP contribution < -0.4 is 5.32 Å². The second-order valence-corrected chi connectivity index (χ2v) is 4.89.